The first-order valence-corrected chi connectivity index (χ1v) is 5.79. The van der Waals surface area contributed by atoms with Crippen LogP contribution in [-0.2, 0) is 11.2 Å². The van der Waals surface area contributed by atoms with E-state index in [0.717, 1.165) is 5.56 Å². The van der Waals surface area contributed by atoms with Crippen molar-refractivity contribution in [2.45, 2.75) is 38.4 Å². The standard InChI is InChI=1S/C13H19ClO2/c1-13(2,16-3)9-11(15)8-10-6-4-5-7-12(10)14/h4-7,11,15H,8-9H2,1-3H3. The minimum absolute atomic E-state index is 0.305. The van der Waals surface area contributed by atoms with E-state index in [9.17, 15) is 5.11 Å². The van der Waals surface area contributed by atoms with Crippen molar-refractivity contribution < 1.29 is 9.84 Å². The average Bonchev–Trinajstić information content (AvgIpc) is 2.21. The fraction of sp³-hybridized carbons (Fsp3) is 0.538. The molecule has 90 valence electrons. The molecule has 0 aliphatic carbocycles. The van der Waals surface area contributed by atoms with Crippen LogP contribution < -0.4 is 0 Å². The van der Waals surface area contributed by atoms with E-state index in [2.05, 4.69) is 0 Å². The van der Waals surface area contributed by atoms with Crippen molar-refractivity contribution in [2.75, 3.05) is 7.11 Å². The fourth-order valence-electron chi connectivity index (χ4n) is 1.64. The Bertz CT molecular complexity index is 336. The molecule has 0 radical (unpaired) electrons. The Labute approximate surface area is 102 Å². The molecule has 0 saturated heterocycles. The van der Waals surface area contributed by atoms with Crippen molar-refractivity contribution in [3.63, 3.8) is 0 Å². The first-order valence-electron chi connectivity index (χ1n) is 5.41. The van der Waals surface area contributed by atoms with E-state index in [1.165, 1.54) is 0 Å². The molecule has 0 aliphatic heterocycles. The van der Waals surface area contributed by atoms with Gasteiger partial charge in [-0.2, -0.15) is 0 Å². The Hall–Kier alpha value is -0.570. The molecule has 3 heteroatoms. The molecule has 1 rings (SSSR count). The molecule has 0 amide bonds. The topological polar surface area (TPSA) is 29.5 Å². The third-order valence-corrected chi connectivity index (χ3v) is 3.06. The highest BCUT2D eigenvalue weighted by atomic mass is 35.5. The Kier molecular flexibility index (Phi) is 4.78. The summed E-state index contributed by atoms with van der Waals surface area (Å²) in [6, 6.07) is 7.59. The van der Waals surface area contributed by atoms with Gasteiger partial charge in [-0.15, -0.1) is 0 Å². The van der Waals surface area contributed by atoms with Gasteiger partial charge in [0.1, 0.15) is 0 Å². The van der Waals surface area contributed by atoms with Crippen LogP contribution in [0.5, 0.6) is 0 Å². The minimum atomic E-state index is -0.435. The molecule has 2 nitrogen and oxygen atoms in total. The summed E-state index contributed by atoms with van der Waals surface area (Å²) in [5, 5.41) is 10.7. The predicted molar refractivity (Wildman–Crippen MR) is 66.9 cm³/mol. The molecule has 0 aliphatic rings. The Morgan fingerprint density at radius 1 is 1.38 bits per heavy atom. The zero-order valence-corrected chi connectivity index (χ0v) is 10.8. The van der Waals surface area contributed by atoms with Crippen molar-refractivity contribution in [2.24, 2.45) is 0 Å². The number of aliphatic hydroxyl groups is 1. The van der Waals surface area contributed by atoms with Crippen molar-refractivity contribution in [1.82, 2.24) is 0 Å². The monoisotopic (exact) mass is 242 g/mol. The summed E-state index contributed by atoms with van der Waals surface area (Å²) in [5.41, 5.74) is 0.671. The third-order valence-electron chi connectivity index (χ3n) is 2.69. The van der Waals surface area contributed by atoms with Gasteiger partial charge < -0.3 is 9.84 Å². The predicted octanol–water partition coefficient (Wildman–Crippen LogP) is 3.06. The first kappa shape index (κ1) is 13.5. The van der Waals surface area contributed by atoms with Crippen molar-refractivity contribution in [1.29, 1.82) is 0 Å². The molecule has 1 N–H and O–H groups in total. The summed E-state index contributed by atoms with van der Waals surface area (Å²) < 4.78 is 5.28. The number of hydrogen-bond acceptors (Lipinski definition) is 2. The number of hydrogen-bond donors (Lipinski definition) is 1. The maximum absolute atomic E-state index is 9.96. The van der Waals surface area contributed by atoms with Crippen molar-refractivity contribution in [3.8, 4) is 0 Å². The van der Waals surface area contributed by atoms with E-state index in [4.69, 9.17) is 16.3 Å². The quantitative estimate of drug-likeness (QED) is 0.860. The SMILES string of the molecule is COC(C)(C)CC(O)Cc1ccccc1Cl. The number of ether oxygens (including phenoxy) is 1. The highest BCUT2D eigenvalue weighted by Crippen LogP contribution is 2.21. The molecule has 0 aromatic heterocycles. The zero-order chi connectivity index (χ0) is 12.2. The van der Waals surface area contributed by atoms with Gasteiger partial charge in [0, 0.05) is 18.6 Å². The van der Waals surface area contributed by atoms with Crippen LogP contribution >= 0.6 is 11.6 Å². The molecule has 0 spiro atoms. The molecule has 1 unspecified atom stereocenters. The highest BCUT2D eigenvalue weighted by molar-refractivity contribution is 6.31. The van der Waals surface area contributed by atoms with Crippen LogP contribution in [0.4, 0.5) is 0 Å². The zero-order valence-electron chi connectivity index (χ0n) is 10.0. The van der Waals surface area contributed by atoms with Gasteiger partial charge in [-0.25, -0.2) is 0 Å². The second kappa shape index (κ2) is 5.67. The van der Waals surface area contributed by atoms with Crippen molar-refractivity contribution in [3.05, 3.63) is 34.9 Å². The fourth-order valence-corrected chi connectivity index (χ4v) is 1.85. The summed E-state index contributed by atoms with van der Waals surface area (Å²) >= 11 is 6.03. The van der Waals surface area contributed by atoms with Crippen LogP contribution in [0.3, 0.4) is 0 Å². The van der Waals surface area contributed by atoms with Crippen LogP contribution in [0.1, 0.15) is 25.8 Å². The molecule has 0 fully saturated rings. The molecule has 0 bridgehead atoms. The second-order valence-electron chi connectivity index (χ2n) is 4.62. The third kappa shape index (κ3) is 4.12. The van der Waals surface area contributed by atoms with E-state index < -0.39 is 6.10 Å². The summed E-state index contributed by atoms with van der Waals surface area (Å²) in [4.78, 5) is 0. The van der Waals surface area contributed by atoms with Crippen LogP contribution in [-0.4, -0.2) is 23.9 Å². The number of benzene rings is 1. The molecule has 1 atom stereocenters. The Balaban J connectivity index is 2.58. The molecular formula is C13H19ClO2. The highest BCUT2D eigenvalue weighted by Gasteiger charge is 2.21. The molecule has 16 heavy (non-hydrogen) atoms. The Morgan fingerprint density at radius 3 is 2.56 bits per heavy atom. The molecule has 0 saturated carbocycles. The molecule has 1 aromatic rings. The van der Waals surface area contributed by atoms with E-state index in [0.29, 0.717) is 17.9 Å². The molecular weight excluding hydrogens is 224 g/mol. The summed E-state index contributed by atoms with van der Waals surface area (Å²) in [5.74, 6) is 0. The largest absolute Gasteiger partial charge is 0.393 e. The van der Waals surface area contributed by atoms with Crippen molar-refractivity contribution >= 4 is 11.6 Å². The number of aliphatic hydroxyl groups excluding tert-OH is 1. The van der Waals surface area contributed by atoms with Gasteiger partial charge >= 0.3 is 0 Å². The van der Waals surface area contributed by atoms with Gasteiger partial charge in [0.05, 0.1) is 11.7 Å². The number of halogens is 1. The first-order chi connectivity index (χ1) is 7.44. The van der Waals surface area contributed by atoms with Crippen LogP contribution in [0.25, 0.3) is 0 Å². The van der Waals surface area contributed by atoms with E-state index in [-0.39, 0.29) is 5.60 Å². The smallest absolute Gasteiger partial charge is 0.0647 e. The van der Waals surface area contributed by atoms with Crippen LogP contribution in [0, 0.1) is 0 Å². The molecule has 1 aromatic carbocycles. The lowest BCUT2D eigenvalue weighted by Gasteiger charge is -2.26. The van der Waals surface area contributed by atoms with Gasteiger partial charge in [0.2, 0.25) is 0 Å². The van der Waals surface area contributed by atoms with E-state index in [1.807, 2.05) is 38.1 Å². The van der Waals surface area contributed by atoms with E-state index in [1.54, 1.807) is 7.11 Å². The Morgan fingerprint density at radius 2 is 2.00 bits per heavy atom. The number of methoxy groups -OCH3 is 1. The number of rotatable bonds is 5. The lowest BCUT2D eigenvalue weighted by molar-refractivity contribution is -0.0190. The van der Waals surface area contributed by atoms with Gasteiger partial charge in [-0.1, -0.05) is 29.8 Å². The van der Waals surface area contributed by atoms with Gasteiger partial charge in [-0.3, -0.25) is 0 Å². The lowest BCUT2D eigenvalue weighted by atomic mass is 9.96. The lowest BCUT2D eigenvalue weighted by Crippen LogP contribution is -2.29. The second-order valence-corrected chi connectivity index (χ2v) is 5.02. The summed E-state index contributed by atoms with van der Waals surface area (Å²) in [6.45, 7) is 3.92. The maximum Gasteiger partial charge on any atom is 0.0647 e. The van der Waals surface area contributed by atoms with Crippen LogP contribution in [0.15, 0.2) is 24.3 Å². The summed E-state index contributed by atoms with van der Waals surface area (Å²) in [7, 11) is 1.65. The van der Waals surface area contributed by atoms with Gasteiger partial charge in [0.15, 0.2) is 0 Å². The summed E-state index contributed by atoms with van der Waals surface area (Å²) in [6.07, 6.45) is 0.719. The minimum Gasteiger partial charge on any atom is -0.393 e. The van der Waals surface area contributed by atoms with Crippen LogP contribution in [0.2, 0.25) is 5.02 Å². The van der Waals surface area contributed by atoms with Gasteiger partial charge in [0.25, 0.3) is 0 Å². The maximum atomic E-state index is 9.96. The molecule has 0 heterocycles. The van der Waals surface area contributed by atoms with E-state index >= 15 is 0 Å². The van der Waals surface area contributed by atoms with Gasteiger partial charge in [-0.05, 0) is 31.9 Å². The normalized spacial score (nSPS) is 13.8. The average molecular weight is 243 g/mol.